The molecule has 38 heavy (non-hydrogen) atoms. The summed E-state index contributed by atoms with van der Waals surface area (Å²) >= 11 is 3.57. The van der Waals surface area contributed by atoms with Crippen molar-refractivity contribution >= 4 is 63.8 Å². The van der Waals surface area contributed by atoms with Gasteiger partial charge in [-0.1, -0.05) is 39.9 Å². The Morgan fingerprint density at radius 1 is 1.18 bits per heavy atom. The van der Waals surface area contributed by atoms with Gasteiger partial charge in [-0.25, -0.2) is 4.79 Å². The third-order valence-electron chi connectivity index (χ3n) is 5.41. The van der Waals surface area contributed by atoms with E-state index in [0.29, 0.717) is 15.9 Å². The van der Waals surface area contributed by atoms with E-state index in [1.165, 1.54) is 23.8 Å². The second-order valence-corrected chi connectivity index (χ2v) is 11.2. The third kappa shape index (κ3) is 7.18. The Morgan fingerprint density at radius 2 is 1.87 bits per heavy atom. The Hall–Kier alpha value is -2.81. The number of β-lactam (4-membered cyclic amide) rings is 1. The third-order valence-corrected chi connectivity index (χ3v) is 7.67. The Balaban J connectivity index is 1.67. The van der Waals surface area contributed by atoms with Crippen molar-refractivity contribution in [2.75, 3.05) is 24.4 Å². The molecule has 0 aromatic heterocycles. The second-order valence-electron chi connectivity index (χ2n) is 9.35. The van der Waals surface area contributed by atoms with Crippen molar-refractivity contribution in [3.63, 3.8) is 0 Å². The molecule has 2 atom stereocenters. The molecule has 2 heterocycles. The molecule has 0 saturated carbocycles. The number of rotatable bonds is 10. The first-order valence-corrected chi connectivity index (χ1v) is 14.2. The van der Waals surface area contributed by atoms with E-state index >= 15 is 0 Å². The average molecular weight is 659 g/mol. The number of esters is 2. The van der Waals surface area contributed by atoms with Crippen LogP contribution in [0.1, 0.15) is 32.8 Å². The molecule has 0 spiro atoms. The highest BCUT2D eigenvalue weighted by molar-refractivity contribution is 14.1. The first-order valence-electron chi connectivity index (χ1n) is 11.6. The predicted octanol–water partition coefficient (Wildman–Crippen LogP) is 2.56. The zero-order valence-corrected chi connectivity index (χ0v) is 24.7. The zero-order chi connectivity index (χ0) is 28.0. The molecule has 1 N–H and O–H groups in total. The molecule has 0 aliphatic carbocycles. The van der Waals surface area contributed by atoms with Gasteiger partial charge in [0.15, 0.2) is 5.71 Å². The number of ether oxygens (including phenoxy) is 3. The number of alkyl halides is 1. The van der Waals surface area contributed by atoms with Gasteiger partial charge in [0.1, 0.15) is 42.2 Å². The number of carbonyl (C=O) groups excluding carboxylic acids is 4. The van der Waals surface area contributed by atoms with Gasteiger partial charge in [0.25, 0.3) is 11.8 Å². The highest BCUT2D eigenvalue weighted by Gasteiger charge is 2.54. The SMILES string of the molecule is CO/N=C(/CC(=O)OC(C)(C)C)C(=O)NC1C(=O)N2C(C(=O)OCc3ccc(OC)cc3)=C(CI)CSC12. The lowest BCUT2D eigenvalue weighted by Gasteiger charge is -2.49. The van der Waals surface area contributed by atoms with Crippen molar-refractivity contribution in [1.29, 1.82) is 0 Å². The molecular formula is C25H30IN3O8S. The summed E-state index contributed by atoms with van der Waals surface area (Å²) in [5.41, 5.74) is 0.780. The molecule has 1 aromatic carbocycles. The Labute approximate surface area is 238 Å². The standard InChI is InChI=1S/C25H30IN3O8S/c1-25(2,3)37-18(30)10-17(28-35-5)21(31)27-19-22(32)29-20(15(11-26)13-38-23(19)29)24(33)36-12-14-6-8-16(34-4)9-7-14/h6-9,19,23H,10-13H2,1-5H3,(H,27,31)/b28-17-. The molecule has 0 bridgehead atoms. The minimum atomic E-state index is -0.909. The fourth-order valence-electron chi connectivity index (χ4n) is 3.72. The summed E-state index contributed by atoms with van der Waals surface area (Å²) in [5.74, 6) is -1.28. The highest BCUT2D eigenvalue weighted by Crippen LogP contribution is 2.41. The summed E-state index contributed by atoms with van der Waals surface area (Å²) in [6.07, 6.45) is -0.429. The number of oxime groups is 1. The lowest BCUT2D eigenvalue weighted by atomic mass is 10.0. The van der Waals surface area contributed by atoms with Crippen molar-refractivity contribution in [2.45, 2.75) is 50.8 Å². The summed E-state index contributed by atoms with van der Waals surface area (Å²) in [6.45, 7) is 5.15. The van der Waals surface area contributed by atoms with Gasteiger partial charge >= 0.3 is 11.9 Å². The summed E-state index contributed by atoms with van der Waals surface area (Å²) < 4.78 is 16.4. The molecule has 2 aliphatic rings. The second kappa shape index (κ2) is 12.8. The molecule has 1 saturated heterocycles. The normalized spacial score (nSPS) is 19.3. The minimum Gasteiger partial charge on any atom is -0.497 e. The van der Waals surface area contributed by atoms with Crippen LogP contribution < -0.4 is 10.1 Å². The molecule has 3 rings (SSSR count). The van der Waals surface area contributed by atoms with Gasteiger partial charge in [-0.15, -0.1) is 11.8 Å². The number of methoxy groups -OCH3 is 1. The largest absolute Gasteiger partial charge is 0.497 e. The molecule has 206 valence electrons. The van der Waals surface area contributed by atoms with Crippen LogP contribution in [0.5, 0.6) is 5.75 Å². The summed E-state index contributed by atoms with van der Waals surface area (Å²) in [5, 5.41) is 5.76. The molecular weight excluding hydrogens is 629 g/mol. The van der Waals surface area contributed by atoms with Crippen molar-refractivity contribution in [2.24, 2.45) is 5.16 Å². The summed E-state index contributed by atoms with van der Waals surface area (Å²) in [6, 6.07) is 6.20. The van der Waals surface area contributed by atoms with Crippen LogP contribution in [-0.4, -0.2) is 75.8 Å². The number of halogens is 1. The first-order chi connectivity index (χ1) is 18.0. The van der Waals surface area contributed by atoms with Gasteiger partial charge in [-0.2, -0.15) is 0 Å². The average Bonchev–Trinajstić information content (AvgIpc) is 2.88. The molecule has 13 heteroatoms. The molecule has 2 amide bonds. The van der Waals surface area contributed by atoms with Crippen LogP contribution in [0.3, 0.4) is 0 Å². The number of hydrogen-bond acceptors (Lipinski definition) is 10. The van der Waals surface area contributed by atoms with Crippen molar-refractivity contribution in [3.05, 3.63) is 41.1 Å². The fourth-order valence-corrected chi connectivity index (χ4v) is 6.06. The number of benzene rings is 1. The number of nitrogens with one attached hydrogen (secondary N) is 1. The predicted molar refractivity (Wildman–Crippen MR) is 149 cm³/mol. The van der Waals surface area contributed by atoms with E-state index < -0.39 is 47.2 Å². The smallest absolute Gasteiger partial charge is 0.355 e. The molecule has 11 nitrogen and oxygen atoms in total. The molecule has 1 fully saturated rings. The Kier molecular flexibility index (Phi) is 10.0. The maximum atomic E-state index is 13.1. The van der Waals surface area contributed by atoms with Crippen molar-refractivity contribution < 1.29 is 38.2 Å². The molecule has 2 unspecified atom stereocenters. The van der Waals surface area contributed by atoms with E-state index in [0.717, 1.165) is 11.1 Å². The summed E-state index contributed by atoms with van der Waals surface area (Å²) in [7, 11) is 2.81. The van der Waals surface area contributed by atoms with Crippen LogP contribution in [0.15, 0.2) is 40.7 Å². The van der Waals surface area contributed by atoms with Crippen LogP contribution >= 0.6 is 34.4 Å². The number of nitrogens with zero attached hydrogens (tertiary/aromatic N) is 2. The fraction of sp³-hybridized carbons (Fsp3) is 0.480. The quantitative estimate of drug-likeness (QED) is 0.101. The Morgan fingerprint density at radius 3 is 2.45 bits per heavy atom. The maximum absolute atomic E-state index is 13.1. The van der Waals surface area contributed by atoms with Crippen LogP contribution in [0, 0.1) is 0 Å². The van der Waals surface area contributed by atoms with E-state index in [9.17, 15) is 19.2 Å². The van der Waals surface area contributed by atoms with E-state index in [4.69, 9.17) is 19.0 Å². The van der Waals surface area contributed by atoms with Crippen LogP contribution in [0.25, 0.3) is 0 Å². The van der Waals surface area contributed by atoms with Gasteiger partial charge in [0.2, 0.25) is 0 Å². The lowest BCUT2D eigenvalue weighted by Crippen LogP contribution is -2.71. The van der Waals surface area contributed by atoms with E-state index in [-0.39, 0.29) is 18.0 Å². The minimum absolute atomic E-state index is 0.0301. The van der Waals surface area contributed by atoms with Crippen molar-refractivity contribution in [3.8, 4) is 5.75 Å². The van der Waals surface area contributed by atoms with Crippen LogP contribution in [0.2, 0.25) is 0 Å². The molecule has 0 radical (unpaired) electrons. The monoisotopic (exact) mass is 659 g/mol. The highest BCUT2D eigenvalue weighted by atomic mass is 127. The van der Waals surface area contributed by atoms with E-state index in [1.807, 2.05) is 0 Å². The van der Waals surface area contributed by atoms with E-state index in [1.54, 1.807) is 52.1 Å². The van der Waals surface area contributed by atoms with Gasteiger partial charge in [-0.05, 0) is 44.0 Å². The van der Waals surface area contributed by atoms with Crippen molar-refractivity contribution in [1.82, 2.24) is 10.2 Å². The van der Waals surface area contributed by atoms with Gasteiger partial charge in [-0.3, -0.25) is 19.3 Å². The van der Waals surface area contributed by atoms with Crippen LogP contribution in [-0.2, 0) is 40.1 Å². The molecule has 1 aromatic rings. The maximum Gasteiger partial charge on any atom is 0.355 e. The van der Waals surface area contributed by atoms with Crippen LogP contribution in [0.4, 0.5) is 0 Å². The number of carbonyl (C=O) groups is 4. The van der Waals surface area contributed by atoms with Gasteiger partial charge < -0.3 is 24.4 Å². The molecule has 2 aliphatic heterocycles. The number of fused-ring (bicyclic) bond motifs is 1. The first kappa shape index (κ1) is 29.7. The topological polar surface area (TPSA) is 133 Å². The number of amides is 2. The Bertz CT molecular complexity index is 1150. The van der Waals surface area contributed by atoms with Gasteiger partial charge in [0, 0.05) is 10.2 Å². The van der Waals surface area contributed by atoms with Gasteiger partial charge in [0.05, 0.1) is 13.5 Å². The van der Waals surface area contributed by atoms with E-state index in [2.05, 4.69) is 33.1 Å². The zero-order valence-electron chi connectivity index (χ0n) is 21.7. The lowest BCUT2D eigenvalue weighted by molar-refractivity contribution is -0.154. The number of thioether (sulfide) groups is 1. The summed E-state index contributed by atoms with van der Waals surface area (Å²) in [4.78, 5) is 57.4. The number of hydrogen-bond donors (Lipinski definition) is 1.